The molecular weight excluding hydrogens is 278 g/mol. The molecule has 5 nitrogen and oxygen atoms in total. The Bertz CT molecular complexity index is 583. The van der Waals surface area contributed by atoms with Gasteiger partial charge in [0.05, 0.1) is 6.42 Å². The largest absolute Gasteiger partial charge is 0.343 e. The number of amides is 2. The smallest absolute Gasteiger partial charge is 0.242 e. The maximum atomic E-state index is 12.4. The molecule has 118 valence electrons. The van der Waals surface area contributed by atoms with E-state index in [0.717, 1.165) is 17.8 Å². The molecule has 1 aromatic rings. The van der Waals surface area contributed by atoms with Crippen LogP contribution in [0.2, 0.25) is 0 Å². The van der Waals surface area contributed by atoms with Gasteiger partial charge in [-0.3, -0.25) is 9.59 Å². The molecule has 1 heterocycles. The van der Waals surface area contributed by atoms with E-state index in [-0.39, 0.29) is 18.4 Å². The molecule has 0 bridgehead atoms. The molecule has 0 unspecified atom stereocenters. The predicted octanol–water partition coefficient (Wildman–Crippen LogP) is 1.13. The highest BCUT2D eigenvalue weighted by Crippen LogP contribution is 2.28. The van der Waals surface area contributed by atoms with Crippen molar-refractivity contribution in [3.8, 4) is 0 Å². The number of likely N-dealkylation sites (N-methyl/N-ethyl adjacent to an activating group) is 2. The highest BCUT2D eigenvalue weighted by Gasteiger charge is 2.30. The standard InChI is InChI=1S/C17H23N3O2/c1-18(14-7-8-14)9-10-19(2)17(22)12-20-15-6-4-3-5-13(15)11-16(20)21/h3-6,14H,7-12H2,1-2H3. The van der Waals surface area contributed by atoms with Crippen molar-refractivity contribution in [1.82, 2.24) is 9.80 Å². The van der Waals surface area contributed by atoms with E-state index in [0.29, 0.717) is 19.0 Å². The summed E-state index contributed by atoms with van der Waals surface area (Å²) in [6.07, 6.45) is 2.94. The molecule has 3 rings (SSSR count). The van der Waals surface area contributed by atoms with Gasteiger partial charge in [-0.25, -0.2) is 0 Å². The summed E-state index contributed by atoms with van der Waals surface area (Å²) < 4.78 is 0. The van der Waals surface area contributed by atoms with E-state index in [1.54, 1.807) is 9.80 Å². The lowest BCUT2D eigenvalue weighted by atomic mass is 10.2. The van der Waals surface area contributed by atoms with Gasteiger partial charge in [-0.1, -0.05) is 18.2 Å². The first-order chi connectivity index (χ1) is 10.6. The van der Waals surface area contributed by atoms with Gasteiger partial charge in [0.1, 0.15) is 6.54 Å². The van der Waals surface area contributed by atoms with Crippen molar-refractivity contribution < 1.29 is 9.59 Å². The number of hydrogen-bond acceptors (Lipinski definition) is 3. The number of rotatable bonds is 6. The molecule has 5 heteroatoms. The van der Waals surface area contributed by atoms with E-state index in [9.17, 15) is 9.59 Å². The van der Waals surface area contributed by atoms with Crippen LogP contribution >= 0.6 is 0 Å². The van der Waals surface area contributed by atoms with Crippen LogP contribution in [0, 0.1) is 0 Å². The van der Waals surface area contributed by atoms with Gasteiger partial charge in [0, 0.05) is 31.9 Å². The minimum Gasteiger partial charge on any atom is -0.343 e. The fourth-order valence-corrected chi connectivity index (χ4v) is 2.88. The Balaban J connectivity index is 1.55. The molecule has 2 amide bonds. The third-order valence-corrected chi connectivity index (χ3v) is 4.60. The van der Waals surface area contributed by atoms with Gasteiger partial charge in [0.25, 0.3) is 0 Å². The lowest BCUT2D eigenvalue weighted by Gasteiger charge is -2.24. The van der Waals surface area contributed by atoms with Crippen molar-refractivity contribution in [2.75, 3.05) is 38.6 Å². The van der Waals surface area contributed by atoms with E-state index in [1.165, 1.54) is 12.8 Å². The van der Waals surface area contributed by atoms with Crippen LogP contribution in [0.5, 0.6) is 0 Å². The third kappa shape index (κ3) is 3.14. The van der Waals surface area contributed by atoms with Crippen molar-refractivity contribution in [1.29, 1.82) is 0 Å². The van der Waals surface area contributed by atoms with Crippen LogP contribution in [0.1, 0.15) is 18.4 Å². The molecule has 0 spiro atoms. The maximum Gasteiger partial charge on any atom is 0.242 e. The summed E-state index contributed by atoms with van der Waals surface area (Å²) in [5.74, 6) is 0.00676. The first-order valence-electron chi connectivity index (χ1n) is 7.88. The van der Waals surface area contributed by atoms with Gasteiger partial charge in [-0.2, -0.15) is 0 Å². The topological polar surface area (TPSA) is 43.9 Å². The van der Waals surface area contributed by atoms with Crippen molar-refractivity contribution in [3.05, 3.63) is 29.8 Å². The Morgan fingerprint density at radius 2 is 1.95 bits per heavy atom. The summed E-state index contributed by atoms with van der Waals surface area (Å²) in [7, 11) is 3.92. The van der Waals surface area contributed by atoms with Crippen LogP contribution < -0.4 is 4.90 Å². The molecule has 0 aromatic heterocycles. The van der Waals surface area contributed by atoms with E-state index in [2.05, 4.69) is 11.9 Å². The molecule has 2 aliphatic rings. The average molecular weight is 301 g/mol. The summed E-state index contributed by atoms with van der Waals surface area (Å²) in [6.45, 7) is 1.73. The zero-order valence-electron chi connectivity index (χ0n) is 13.3. The quantitative estimate of drug-likeness (QED) is 0.791. The van der Waals surface area contributed by atoms with Crippen LogP contribution in [-0.4, -0.2) is 61.4 Å². The summed E-state index contributed by atoms with van der Waals surface area (Å²) >= 11 is 0. The van der Waals surface area contributed by atoms with Gasteiger partial charge in [0.2, 0.25) is 11.8 Å². The van der Waals surface area contributed by atoms with Crippen LogP contribution in [0.4, 0.5) is 5.69 Å². The number of carbonyl (C=O) groups excluding carboxylic acids is 2. The van der Waals surface area contributed by atoms with E-state index < -0.39 is 0 Å². The number of fused-ring (bicyclic) bond motifs is 1. The van der Waals surface area contributed by atoms with Gasteiger partial charge in [0.15, 0.2) is 0 Å². The number of benzene rings is 1. The second-order valence-corrected chi connectivity index (χ2v) is 6.31. The monoisotopic (exact) mass is 301 g/mol. The fourth-order valence-electron chi connectivity index (χ4n) is 2.88. The van der Waals surface area contributed by atoms with Crippen molar-refractivity contribution >= 4 is 17.5 Å². The molecule has 1 saturated carbocycles. The highest BCUT2D eigenvalue weighted by molar-refractivity contribution is 6.04. The van der Waals surface area contributed by atoms with Crippen LogP contribution in [0.15, 0.2) is 24.3 Å². The summed E-state index contributed by atoms with van der Waals surface area (Å²) in [5.41, 5.74) is 1.89. The first kappa shape index (κ1) is 15.0. The summed E-state index contributed by atoms with van der Waals surface area (Å²) in [6, 6.07) is 8.40. The van der Waals surface area contributed by atoms with E-state index in [1.807, 2.05) is 31.3 Å². The number of nitrogens with zero attached hydrogens (tertiary/aromatic N) is 3. The normalized spacial score (nSPS) is 17.0. The first-order valence-corrected chi connectivity index (χ1v) is 7.88. The number of carbonyl (C=O) groups is 2. The maximum absolute atomic E-state index is 12.4. The van der Waals surface area contributed by atoms with Gasteiger partial charge >= 0.3 is 0 Å². The predicted molar refractivity (Wildman–Crippen MR) is 85.8 cm³/mol. The minimum absolute atomic E-state index is 0.00532. The Kier molecular flexibility index (Phi) is 4.16. The molecule has 1 fully saturated rings. The molecular formula is C17H23N3O2. The van der Waals surface area contributed by atoms with Crippen molar-refractivity contribution in [2.24, 2.45) is 0 Å². The Labute approximate surface area is 131 Å². The van der Waals surface area contributed by atoms with Crippen LogP contribution in [0.3, 0.4) is 0 Å². The molecule has 1 aromatic carbocycles. The van der Waals surface area contributed by atoms with Gasteiger partial charge in [-0.15, -0.1) is 0 Å². The molecule has 1 aliphatic carbocycles. The van der Waals surface area contributed by atoms with E-state index >= 15 is 0 Å². The second-order valence-electron chi connectivity index (χ2n) is 6.31. The highest BCUT2D eigenvalue weighted by atomic mass is 16.2. The Morgan fingerprint density at radius 3 is 2.68 bits per heavy atom. The molecule has 0 saturated heterocycles. The fraction of sp³-hybridized carbons (Fsp3) is 0.529. The second kappa shape index (κ2) is 6.08. The molecule has 22 heavy (non-hydrogen) atoms. The average Bonchev–Trinajstić information content (AvgIpc) is 3.31. The van der Waals surface area contributed by atoms with Crippen LogP contribution in [-0.2, 0) is 16.0 Å². The third-order valence-electron chi connectivity index (χ3n) is 4.60. The Morgan fingerprint density at radius 1 is 1.23 bits per heavy atom. The zero-order chi connectivity index (χ0) is 15.7. The zero-order valence-corrected chi connectivity index (χ0v) is 13.3. The summed E-state index contributed by atoms with van der Waals surface area (Å²) in [4.78, 5) is 30.1. The number of hydrogen-bond donors (Lipinski definition) is 0. The number of para-hydroxylation sites is 1. The van der Waals surface area contributed by atoms with Crippen LogP contribution in [0.25, 0.3) is 0 Å². The molecule has 0 atom stereocenters. The molecule has 0 radical (unpaired) electrons. The summed E-state index contributed by atoms with van der Waals surface area (Å²) in [5, 5.41) is 0. The van der Waals surface area contributed by atoms with Crippen molar-refractivity contribution in [3.63, 3.8) is 0 Å². The van der Waals surface area contributed by atoms with Gasteiger partial charge in [-0.05, 0) is 31.5 Å². The Hall–Kier alpha value is -1.88. The number of anilines is 1. The minimum atomic E-state index is -0.00532. The molecule has 1 aliphatic heterocycles. The SMILES string of the molecule is CN(CCN(C)C1CC1)C(=O)CN1C(=O)Cc2ccccc21. The lowest BCUT2D eigenvalue weighted by Crippen LogP contribution is -2.42. The lowest BCUT2D eigenvalue weighted by molar-refractivity contribution is -0.130. The van der Waals surface area contributed by atoms with Crippen molar-refractivity contribution in [2.45, 2.75) is 25.3 Å². The van der Waals surface area contributed by atoms with E-state index in [4.69, 9.17) is 0 Å². The molecule has 0 N–H and O–H groups in total. The van der Waals surface area contributed by atoms with Gasteiger partial charge < -0.3 is 14.7 Å².